The molecule has 6 N–H and O–H groups in total. The highest BCUT2D eigenvalue weighted by molar-refractivity contribution is 5.79. The van der Waals surface area contributed by atoms with Crippen LogP contribution >= 0.6 is 0 Å². The van der Waals surface area contributed by atoms with Crippen molar-refractivity contribution in [1.29, 1.82) is 0 Å². The van der Waals surface area contributed by atoms with Crippen molar-refractivity contribution in [3.05, 3.63) is 59.7 Å². The molecule has 2 aromatic carbocycles. The molecule has 0 spiro atoms. The minimum absolute atomic E-state index is 0.0169. The first-order chi connectivity index (χ1) is 13.0. The average molecular weight is 369 g/mol. The van der Waals surface area contributed by atoms with Crippen LogP contribution in [0.1, 0.15) is 23.5 Å². The second-order valence-electron chi connectivity index (χ2n) is 6.67. The van der Waals surface area contributed by atoms with Crippen molar-refractivity contribution in [2.75, 3.05) is 19.7 Å². The second-order valence-corrected chi connectivity index (χ2v) is 6.67. The van der Waals surface area contributed by atoms with Gasteiger partial charge in [-0.3, -0.25) is 4.79 Å². The van der Waals surface area contributed by atoms with Crippen LogP contribution in [-0.2, 0) is 9.53 Å². The molecule has 0 heterocycles. The zero-order valence-corrected chi connectivity index (χ0v) is 14.9. The Bertz CT molecular complexity index is 809. The van der Waals surface area contributed by atoms with Gasteiger partial charge in [-0.15, -0.1) is 0 Å². The Morgan fingerprint density at radius 1 is 1.07 bits per heavy atom. The van der Waals surface area contributed by atoms with E-state index in [1.54, 1.807) is 0 Å². The van der Waals surface area contributed by atoms with E-state index in [0.717, 1.165) is 22.3 Å². The lowest BCUT2D eigenvalue weighted by Gasteiger charge is -2.22. The monoisotopic (exact) mass is 369 g/mol. The lowest BCUT2D eigenvalue weighted by atomic mass is 9.97. The zero-order valence-electron chi connectivity index (χ0n) is 14.9. The van der Waals surface area contributed by atoms with Crippen LogP contribution in [0, 0.1) is 0 Å². The first-order valence-electron chi connectivity index (χ1n) is 8.77. The Hall–Kier alpha value is -2.90. The molecule has 1 aliphatic rings. The van der Waals surface area contributed by atoms with Crippen molar-refractivity contribution in [3.63, 3.8) is 0 Å². The maximum atomic E-state index is 12.0. The summed E-state index contributed by atoms with van der Waals surface area (Å²) in [6.07, 6.45) is -0.593. The van der Waals surface area contributed by atoms with Crippen LogP contribution in [-0.4, -0.2) is 42.4 Å². The largest absolute Gasteiger partial charge is 0.480 e. The standard InChI is InChI=1S/C20H23N3O4/c21-12-20(22,18(24)25)9-10-23-19(26)27-11-17-15-7-3-1-5-13(15)14-6-2-4-8-16(14)17/h1-8,17H,9-12,21-22H2,(H,23,26)(H,24,25)/t20-/m0/s1. The molecule has 1 amide bonds. The molecular formula is C20H23N3O4. The number of hydrogen-bond donors (Lipinski definition) is 4. The van der Waals surface area contributed by atoms with Crippen molar-refractivity contribution in [3.8, 4) is 11.1 Å². The fourth-order valence-corrected chi connectivity index (χ4v) is 3.33. The van der Waals surface area contributed by atoms with E-state index in [-0.39, 0.29) is 32.0 Å². The summed E-state index contributed by atoms with van der Waals surface area (Å²) in [6, 6.07) is 16.1. The fourth-order valence-electron chi connectivity index (χ4n) is 3.33. The molecule has 0 saturated heterocycles. The van der Waals surface area contributed by atoms with Crippen LogP contribution in [0.25, 0.3) is 11.1 Å². The van der Waals surface area contributed by atoms with Gasteiger partial charge in [0.15, 0.2) is 0 Å². The lowest BCUT2D eigenvalue weighted by molar-refractivity contribution is -0.143. The summed E-state index contributed by atoms with van der Waals surface area (Å²) in [4.78, 5) is 23.1. The van der Waals surface area contributed by atoms with Crippen molar-refractivity contribution < 1.29 is 19.4 Å². The van der Waals surface area contributed by atoms with E-state index in [0.29, 0.717) is 0 Å². The van der Waals surface area contributed by atoms with Gasteiger partial charge in [-0.25, -0.2) is 4.79 Å². The maximum Gasteiger partial charge on any atom is 0.407 e. The van der Waals surface area contributed by atoms with Gasteiger partial charge in [-0.05, 0) is 28.7 Å². The maximum absolute atomic E-state index is 12.0. The third-order valence-electron chi connectivity index (χ3n) is 4.97. The van der Waals surface area contributed by atoms with Gasteiger partial charge in [0.05, 0.1) is 0 Å². The molecule has 142 valence electrons. The van der Waals surface area contributed by atoms with Gasteiger partial charge in [-0.2, -0.15) is 0 Å². The van der Waals surface area contributed by atoms with E-state index in [4.69, 9.17) is 21.3 Å². The Balaban J connectivity index is 1.59. The summed E-state index contributed by atoms with van der Waals surface area (Å²) in [5.41, 5.74) is 14.1. The van der Waals surface area contributed by atoms with Crippen LogP contribution in [0.2, 0.25) is 0 Å². The van der Waals surface area contributed by atoms with Crippen LogP contribution < -0.4 is 16.8 Å². The number of nitrogens with two attached hydrogens (primary N) is 2. The van der Waals surface area contributed by atoms with Gasteiger partial charge in [-0.1, -0.05) is 48.5 Å². The van der Waals surface area contributed by atoms with Crippen LogP contribution in [0.5, 0.6) is 0 Å². The third kappa shape index (κ3) is 3.79. The third-order valence-corrected chi connectivity index (χ3v) is 4.97. The van der Waals surface area contributed by atoms with E-state index in [1.165, 1.54) is 0 Å². The second kappa shape index (κ2) is 7.77. The van der Waals surface area contributed by atoms with Crippen LogP contribution in [0.15, 0.2) is 48.5 Å². The van der Waals surface area contributed by atoms with E-state index in [9.17, 15) is 9.59 Å². The minimum atomic E-state index is -1.56. The molecule has 1 atom stereocenters. The quantitative estimate of drug-likeness (QED) is 0.588. The number of rotatable bonds is 7. The molecule has 0 aromatic heterocycles. The summed E-state index contributed by atoms with van der Waals surface area (Å²) in [6.45, 7) is 0.0504. The Morgan fingerprint density at radius 2 is 1.63 bits per heavy atom. The molecule has 0 bridgehead atoms. The van der Waals surface area contributed by atoms with Crippen LogP contribution in [0.3, 0.4) is 0 Å². The van der Waals surface area contributed by atoms with E-state index in [1.807, 2.05) is 36.4 Å². The molecule has 7 heteroatoms. The molecule has 0 unspecified atom stereocenters. The molecule has 0 aliphatic heterocycles. The lowest BCUT2D eigenvalue weighted by Crippen LogP contribution is -2.55. The van der Waals surface area contributed by atoms with Crippen molar-refractivity contribution >= 4 is 12.1 Å². The van der Waals surface area contributed by atoms with Gasteiger partial charge < -0.3 is 26.6 Å². The van der Waals surface area contributed by atoms with Gasteiger partial charge >= 0.3 is 12.1 Å². The topological polar surface area (TPSA) is 128 Å². The smallest absolute Gasteiger partial charge is 0.407 e. The zero-order chi connectivity index (χ0) is 19.4. The molecule has 1 aliphatic carbocycles. The number of aliphatic carboxylic acids is 1. The number of fused-ring (bicyclic) bond motifs is 3. The van der Waals surface area contributed by atoms with Gasteiger partial charge in [0.1, 0.15) is 12.1 Å². The summed E-state index contributed by atoms with van der Waals surface area (Å²) in [5.74, 6) is -1.22. The minimum Gasteiger partial charge on any atom is -0.480 e. The molecule has 7 nitrogen and oxygen atoms in total. The first kappa shape index (κ1) is 18.9. The highest BCUT2D eigenvalue weighted by Crippen LogP contribution is 2.44. The number of hydrogen-bond acceptors (Lipinski definition) is 5. The fraction of sp³-hybridized carbons (Fsp3) is 0.300. The van der Waals surface area contributed by atoms with E-state index in [2.05, 4.69) is 17.4 Å². The van der Waals surface area contributed by atoms with Crippen molar-refractivity contribution in [1.82, 2.24) is 5.32 Å². The summed E-state index contributed by atoms with van der Waals surface area (Å²) in [7, 11) is 0. The Kier molecular flexibility index (Phi) is 5.43. The van der Waals surface area contributed by atoms with E-state index < -0.39 is 17.6 Å². The number of alkyl carbamates (subject to hydrolysis) is 1. The normalized spacial score (nSPS) is 14.7. The summed E-state index contributed by atoms with van der Waals surface area (Å²) < 4.78 is 5.38. The molecule has 0 saturated carbocycles. The Morgan fingerprint density at radius 3 is 2.15 bits per heavy atom. The van der Waals surface area contributed by atoms with Gasteiger partial charge in [0, 0.05) is 19.0 Å². The molecule has 3 rings (SSSR count). The highest BCUT2D eigenvalue weighted by atomic mass is 16.5. The summed E-state index contributed by atoms with van der Waals surface area (Å²) >= 11 is 0. The molecule has 27 heavy (non-hydrogen) atoms. The Labute approximate surface area is 157 Å². The number of carboxylic acids is 1. The SMILES string of the molecule is NC[C@@](N)(CCNC(=O)OCC1c2ccccc2-c2ccccc21)C(=O)O. The average Bonchev–Trinajstić information content (AvgIpc) is 3.00. The number of carbonyl (C=O) groups is 2. The number of benzene rings is 2. The molecule has 0 radical (unpaired) electrons. The number of carbonyl (C=O) groups excluding carboxylic acids is 1. The first-order valence-corrected chi connectivity index (χ1v) is 8.77. The number of amides is 1. The number of ether oxygens (including phenoxy) is 1. The predicted octanol–water partition coefficient (Wildman–Crippen LogP) is 1.66. The van der Waals surface area contributed by atoms with Crippen LogP contribution in [0.4, 0.5) is 4.79 Å². The molecular weight excluding hydrogens is 346 g/mol. The van der Waals surface area contributed by atoms with Crippen molar-refractivity contribution in [2.45, 2.75) is 17.9 Å². The molecule has 0 fully saturated rings. The van der Waals surface area contributed by atoms with Gasteiger partial charge in [0.25, 0.3) is 0 Å². The number of carboxylic acid groups (broad SMARTS) is 1. The highest BCUT2D eigenvalue weighted by Gasteiger charge is 2.32. The number of nitrogens with one attached hydrogen (secondary N) is 1. The molecule has 2 aromatic rings. The van der Waals surface area contributed by atoms with E-state index >= 15 is 0 Å². The van der Waals surface area contributed by atoms with Crippen molar-refractivity contribution in [2.24, 2.45) is 11.5 Å². The van der Waals surface area contributed by atoms with Gasteiger partial charge in [0.2, 0.25) is 0 Å². The predicted molar refractivity (Wildman–Crippen MR) is 101 cm³/mol. The summed E-state index contributed by atoms with van der Waals surface area (Å²) in [5, 5.41) is 11.6.